The van der Waals surface area contributed by atoms with Crippen LogP contribution in [0.5, 0.6) is 0 Å². The van der Waals surface area contributed by atoms with Gasteiger partial charge in [0.1, 0.15) is 6.04 Å². The Bertz CT molecular complexity index is 192. The first-order valence-corrected chi connectivity index (χ1v) is 4.25. The van der Waals surface area contributed by atoms with Gasteiger partial charge in [0.25, 0.3) is 0 Å². The summed E-state index contributed by atoms with van der Waals surface area (Å²) in [5, 5.41) is 10.6. The zero-order chi connectivity index (χ0) is 11.4. The lowest BCUT2D eigenvalue weighted by atomic mass is 10.0. The molecule has 0 heterocycles. The highest BCUT2D eigenvalue weighted by molar-refractivity contribution is 5.73. The summed E-state index contributed by atoms with van der Waals surface area (Å²) in [6, 6.07) is -1.13. The van der Waals surface area contributed by atoms with Crippen molar-refractivity contribution in [2.45, 2.75) is 32.5 Å². The molecular weight excluding hydrogens is 199 g/mol. The number of carboxylic acids is 1. The minimum Gasteiger partial charge on any atom is -0.480 e. The number of hydrogen-bond acceptors (Lipinski definition) is 2. The molecule has 84 valence electrons. The Balaban J connectivity index is 4.05. The molecule has 6 heteroatoms. The largest absolute Gasteiger partial charge is 0.480 e. The zero-order valence-electron chi connectivity index (χ0n) is 8.06. The van der Waals surface area contributed by atoms with Crippen LogP contribution in [0, 0.1) is 5.92 Å². The summed E-state index contributed by atoms with van der Waals surface area (Å²) in [6.07, 6.45) is -4.18. The van der Waals surface area contributed by atoms with Crippen molar-refractivity contribution in [1.82, 2.24) is 5.32 Å². The molecule has 2 N–H and O–H groups in total. The summed E-state index contributed by atoms with van der Waals surface area (Å²) in [5.74, 6) is -1.21. The lowest BCUT2D eigenvalue weighted by Gasteiger charge is -2.17. The summed E-state index contributed by atoms with van der Waals surface area (Å²) in [4.78, 5) is 10.5. The van der Waals surface area contributed by atoms with E-state index in [1.165, 1.54) is 0 Å². The lowest BCUT2D eigenvalue weighted by molar-refractivity contribution is -0.143. The minimum absolute atomic E-state index is 0.0387. The molecule has 0 saturated carbocycles. The number of carbonyl (C=O) groups is 1. The predicted octanol–water partition coefficient (Wildman–Crippen LogP) is 1.64. The van der Waals surface area contributed by atoms with Gasteiger partial charge in [0, 0.05) is 0 Å². The Kier molecular flexibility index (Phi) is 4.90. The van der Waals surface area contributed by atoms with Crippen molar-refractivity contribution >= 4 is 5.97 Å². The van der Waals surface area contributed by atoms with Crippen LogP contribution in [0.25, 0.3) is 0 Å². The molecule has 0 spiro atoms. The Morgan fingerprint density at radius 2 is 1.93 bits per heavy atom. The van der Waals surface area contributed by atoms with Crippen LogP contribution in [-0.4, -0.2) is 29.8 Å². The van der Waals surface area contributed by atoms with Gasteiger partial charge >= 0.3 is 12.1 Å². The predicted molar refractivity (Wildman–Crippen MR) is 44.9 cm³/mol. The summed E-state index contributed by atoms with van der Waals surface area (Å²) in [7, 11) is 0. The van der Waals surface area contributed by atoms with E-state index in [9.17, 15) is 18.0 Å². The second kappa shape index (κ2) is 5.19. The van der Waals surface area contributed by atoms with Crippen LogP contribution in [0.1, 0.15) is 20.3 Å². The molecular formula is C8H14F3NO2. The van der Waals surface area contributed by atoms with E-state index in [1.807, 2.05) is 5.32 Å². The standard InChI is InChI=1S/C8H14F3NO2/c1-5(2)3-6(7(13)14)12-4-8(9,10)11/h5-6,12H,3-4H2,1-2H3,(H,13,14)/t6-/m0/s1. The number of alkyl halides is 3. The van der Waals surface area contributed by atoms with Gasteiger partial charge in [-0.2, -0.15) is 13.2 Å². The summed E-state index contributed by atoms with van der Waals surface area (Å²) in [5.41, 5.74) is 0. The van der Waals surface area contributed by atoms with E-state index in [2.05, 4.69) is 0 Å². The van der Waals surface area contributed by atoms with Crippen molar-refractivity contribution in [2.75, 3.05) is 6.54 Å². The average molecular weight is 213 g/mol. The third-order valence-corrected chi connectivity index (χ3v) is 1.55. The number of aliphatic carboxylic acids is 1. The Hall–Kier alpha value is -0.780. The monoisotopic (exact) mass is 213 g/mol. The number of nitrogens with one attached hydrogen (secondary N) is 1. The Labute approximate surface area is 80.3 Å². The van der Waals surface area contributed by atoms with E-state index in [0.29, 0.717) is 0 Å². The van der Waals surface area contributed by atoms with Crippen molar-refractivity contribution in [2.24, 2.45) is 5.92 Å². The van der Waals surface area contributed by atoms with E-state index in [0.717, 1.165) is 0 Å². The van der Waals surface area contributed by atoms with Crippen LogP contribution in [0.15, 0.2) is 0 Å². The summed E-state index contributed by atoms with van der Waals surface area (Å²) in [6.45, 7) is 2.24. The van der Waals surface area contributed by atoms with Gasteiger partial charge in [-0.1, -0.05) is 13.8 Å². The maximum absolute atomic E-state index is 11.8. The van der Waals surface area contributed by atoms with Gasteiger partial charge in [0.05, 0.1) is 6.54 Å². The normalized spacial score (nSPS) is 14.4. The highest BCUT2D eigenvalue weighted by atomic mass is 19.4. The van der Waals surface area contributed by atoms with Gasteiger partial charge in [-0.3, -0.25) is 10.1 Å². The maximum atomic E-state index is 11.8. The van der Waals surface area contributed by atoms with Gasteiger partial charge in [-0.25, -0.2) is 0 Å². The highest BCUT2D eigenvalue weighted by Crippen LogP contribution is 2.14. The van der Waals surface area contributed by atoms with Crippen molar-refractivity contribution in [3.8, 4) is 0 Å². The van der Waals surface area contributed by atoms with Gasteiger partial charge in [-0.15, -0.1) is 0 Å². The molecule has 0 aromatic carbocycles. The molecule has 0 aliphatic carbocycles. The SMILES string of the molecule is CC(C)C[C@H](NCC(F)(F)F)C(=O)O. The average Bonchev–Trinajstić information content (AvgIpc) is 1.94. The van der Waals surface area contributed by atoms with Crippen molar-refractivity contribution in [3.63, 3.8) is 0 Å². The Morgan fingerprint density at radius 3 is 2.21 bits per heavy atom. The number of carboxylic acid groups (broad SMARTS) is 1. The second-order valence-electron chi connectivity index (χ2n) is 3.52. The van der Waals surface area contributed by atoms with Crippen molar-refractivity contribution in [3.05, 3.63) is 0 Å². The first-order chi connectivity index (χ1) is 6.22. The van der Waals surface area contributed by atoms with Crippen LogP contribution in [-0.2, 0) is 4.79 Å². The highest BCUT2D eigenvalue weighted by Gasteiger charge is 2.30. The van der Waals surface area contributed by atoms with Gasteiger partial charge in [0.15, 0.2) is 0 Å². The van der Waals surface area contributed by atoms with E-state index in [4.69, 9.17) is 5.11 Å². The Morgan fingerprint density at radius 1 is 1.43 bits per heavy atom. The van der Waals surface area contributed by atoms with Gasteiger partial charge in [-0.05, 0) is 12.3 Å². The number of rotatable bonds is 5. The second-order valence-corrected chi connectivity index (χ2v) is 3.52. The topological polar surface area (TPSA) is 49.3 Å². The van der Waals surface area contributed by atoms with Crippen molar-refractivity contribution < 1.29 is 23.1 Å². The summed E-state index contributed by atoms with van der Waals surface area (Å²) < 4.78 is 35.3. The molecule has 0 aromatic rings. The first kappa shape index (κ1) is 13.2. The van der Waals surface area contributed by atoms with Crippen LogP contribution in [0.3, 0.4) is 0 Å². The molecule has 14 heavy (non-hydrogen) atoms. The fourth-order valence-electron chi connectivity index (χ4n) is 0.982. The molecule has 0 radical (unpaired) electrons. The molecule has 0 bridgehead atoms. The molecule has 1 atom stereocenters. The molecule has 0 aliphatic rings. The van der Waals surface area contributed by atoms with Gasteiger partial charge in [0.2, 0.25) is 0 Å². The quantitative estimate of drug-likeness (QED) is 0.729. The third kappa shape index (κ3) is 6.71. The first-order valence-electron chi connectivity index (χ1n) is 4.25. The van der Waals surface area contributed by atoms with E-state index < -0.39 is 24.7 Å². The molecule has 0 amide bonds. The molecule has 0 aromatic heterocycles. The van der Waals surface area contributed by atoms with Crippen LogP contribution in [0.4, 0.5) is 13.2 Å². The fraction of sp³-hybridized carbons (Fsp3) is 0.875. The number of hydrogen-bond donors (Lipinski definition) is 2. The minimum atomic E-state index is -4.37. The van der Waals surface area contributed by atoms with E-state index >= 15 is 0 Å². The van der Waals surface area contributed by atoms with Crippen LogP contribution >= 0.6 is 0 Å². The molecule has 0 fully saturated rings. The maximum Gasteiger partial charge on any atom is 0.401 e. The van der Waals surface area contributed by atoms with Crippen LogP contribution in [0.2, 0.25) is 0 Å². The van der Waals surface area contributed by atoms with Gasteiger partial charge < -0.3 is 5.11 Å². The zero-order valence-corrected chi connectivity index (χ0v) is 8.06. The molecule has 0 aliphatic heterocycles. The molecule has 0 unspecified atom stereocenters. The molecule has 0 rings (SSSR count). The number of halogens is 3. The van der Waals surface area contributed by atoms with Crippen LogP contribution < -0.4 is 5.32 Å². The molecule has 3 nitrogen and oxygen atoms in total. The molecule has 0 saturated heterocycles. The third-order valence-electron chi connectivity index (χ3n) is 1.55. The van der Waals surface area contributed by atoms with E-state index in [-0.39, 0.29) is 12.3 Å². The summed E-state index contributed by atoms with van der Waals surface area (Å²) >= 11 is 0. The fourth-order valence-corrected chi connectivity index (χ4v) is 0.982. The van der Waals surface area contributed by atoms with E-state index in [1.54, 1.807) is 13.8 Å². The van der Waals surface area contributed by atoms with Crippen molar-refractivity contribution in [1.29, 1.82) is 0 Å². The lowest BCUT2D eigenvalue weighted by Crippen LogP contribution is -2.42. The smallest absolute Gasteiger partial charge is 0.401 e.